The van der Waals surface area contributed by atoms with E-state index < -0.39 is 0 Å². The maximum atomic E-state index is 5.77. The molecule has 1 fully saturated rings. The van der Waals surface area contributed by atoms with Crippen LogP contribution in [0.4, 0.5) is 0 Å². The molecule has 1 aromatic heterocycles. The molecule has 4 heteroatoms. The quantitative estimate of drug-likeness (QED) is 0.708. The van der Waals surface area contributed by atoms with Gasteiger partial charge < -0.3 is 0 Å². The molecule has 78 valence electrons. The minimum atomic E-state index is 0.471. The Kier molecular flexibility index (Phi) is 3.06. The first-order valence-electron chi connectivity index (χ1n) is 5.29. The molecular weight excluding hydrogens is 198 g/mol. The zero-order valence-corrected chi connectivity index (χ0v) is 9.30. The first kappa shape index (κ1) is 9.97. The predicted octanol–water partition coefficient (Wildman–Crippen LogP) is 2.83. The molecule has 0 unspecified atom stereocenters. The first-order valence-corrected chi connectivity index (χ1v) is 5.83. The minimum absolute atomic E-state index is 0.471. The smallest absolute Gasteiger partial charge is 0.100 e. The maximum absolute atomic E-state index is 5.77. The molecule has 0 saturated heterocycles. The fourth-order valence-corrected chi connectivity index (χ4v) is 2.42. The van der Waals surface area contributed by atoms with Crippen LogP contribution in [-0.4, -0.2) is 15.0 Å². The first-order chi connectivity index (χ1) is 6.83. The van der Waals surface area contributed by atoms with E-state index in [-0.39, 0.29) is 0 Å². The molecule has 0 N–H and O–H groups in total. The summed E-state index contributed by atoms with van der Waals surface area (Å²) in [7, 11) is 0. The molecule has 1 aliphatic rings. The topological polar surface area (TPSA) is 30.7 Å². The molecule has 0 atom stereocenters. The molecule has 0 radical (unpaired) electrons. The van der Waals surface area contributed by atoms with E-state index in [1.54, 1.807) is 0 Å². The number of halogens is 1. The van der Waals surface area contributed by atoms with Gasteiger partial charge in [-0.1, -0.05) is 24.5 Å². The fourth-order valence-electron chi connectivity index (χ4n) is 2.17. The number of rotatable bonds is 2. The SMILES string of the molecule is Cc1c(CCl)nnn1C1CCCCC1. The number of nitrogens with zero attached hydrogens (tertiary/aromatic N) is 3. The lowest BCUT2D eigenvalue weighted by atomic mass is 9.95. The van der Waals surface area contributed by atoms with Crippen molar-refractivity contribution in [1.29, 1.82) is 0 Å². The maximum Gasteiger partial charge on any atom is 0.100 e. The van der Waals surface area contributed by atoms with Crippen LogP contribution in [0.15, 0.2) is 0 Å². The molecule has 1 aromatic rings. The Morgan fingerprint density at radius 3 is 2.64 bits per heavy atom. The van der Waals surface area contributed by atoms with Crippen molar-refractivity contribution < 1.29 is 0 Å². The van der Waals surface area contributed by atoms with Crippen molar-refractivity contribution in [2.45, 2.75) is 50.9 Å². The van der Waals surface area contributed by atoms with Gasteiger partial charge in [-0.05, 0) is 19.8 Å². The molecular formula is C10H16ClN3. The predicted molar refractivity (Wildman–Crippen MR) is 56.4 cm³/mol. The second-order valence-electron chi connectivity index (χ2n) is 3.99. The van der Waals surface area contributed by atoms with E-state index >= 15 is 0 Å². The second kappa shape index (κ2) is 4.30. The Labute approximate surface area is 89.4 Å². The van der Waals surface area contributed by atoms with Gasteiger partial charge in [0.15, 0.2) is 0 Å². The van der Waals surface area contributed by atoms with Crippen molar-refractivity contribution in [3.05, 3.63) is 11.4 Å². The summed E-state index contributed by atoms with van der Waals surface area (Å²) in [6.45, 7) is 2.06. The molecule has 2 rings (SSSR count). The van der Waals surface area contributed by atoms with Gasteiger partial charge in [0.05, 0.1) is 17.6 Å². The molecule has 0 amide bonds. The number of aromatic nitrogens is 3. The van der Waals surface area contributed by atoms with Crippen molar-refractivity contribution in [1.82, 2.24) is 15.0 Å². The monoisotopic (exact) mass is 213 g/mol. The molecule has 0 aliphatic heterocycles. The Morgan fingerprint density at radius 1 is 1.36 bits per heavy atom. The Bertz CT molecular complexity index is 302. The average Bonchev–Trinajstić information content (AvgIpc) is 2.61. The molecule has 1 aliphatic carbocycles. The zero-order valence-electron chi connectivity index (χ0n) is 8.54. The van der Waals surface area contributed by atoms with Crippen LogP contribution in [0.3, 0.4) is 0 Å². The van der Waals surface area contributed by atoms with Crippen LogP contribution >= 0.6 is 11.6 Å². The third-order valence-electron chi connectivity index (χ3n) is 3.07. The van der Waals surface area contributed by atoms with Crippen LogP contribution in [0.1, 0.15) is 49.5 Å². The summed E-state index contributed by atoms with van der Waals surface area (Å²) in [5.74, 6) is 0.471. The highest BCUT2D eigenvalue weighted by Crippen LogP contribution is 2.28. The van der Waals surface area contributed by atoms with Crippen LogP contribution in [0.2, 0.25) is 0 Å². The number of hydrogen-bond acceptors (Lipinski definition) is 2. The van der Waals surface area contributed by atoms with Gasteiger partial charge in [-0.15, -0.1) is 16.7 Å². The highest BCUT2D eigenvalue weighted by Gasteiger charge is 2.19. The van der Waals surface area contributed by atoms with Crippen molar-refractivity contribution >= 4 is 11.6 Å². The van der Waals surface area contributed by atoms with Crippen molar-refractivity contribution in [3.63, 3.8) is 0 Å². The molecule has 0 aromatic carbocycles. The van der Waals surface area contributed by atoms with Crippen LogP contribution in [0.5, 0.6) is 0 Å². The van der Waals surface area contributed by atoms with Crippen molar-refractivity contribution in [2.24, 2.45) is 0 Å². The molecule has 1 heterocycles. The Morgan fingerprint density at radius 2 is 2.07 bits per heavy atom. The normalized spacial score (nSPS) is 18.7. The van der Waals surface area contributed by atoms with E-state index in [9.17, 15) is 0 Å². The third kappa shape index (κ3) is 1.78. The lowest BCUT2D eigenvalue weighted by molar-refractivity contribution is 0.319. The van der Waals surface area contributed by atoms with Crippen LogP contribution in [-0.2, 0) is 5.88 Å². The van der Waals surface area contributed by atoms with Crippen molar-refractivity contribution in [2.75, 3.05) is 0 Å². The molecule has 0 bridgehead atoms. The summed E-state index contributed by atoms with van der Waals surface area (Å²) in [6.07, 6.45) is 6.49. The summed E-state index contributed by atoms with van der Waals surface area (Å²) >= 11 is 5.77. The minimum Gasteiger partial charge on any atom is -0.246 e. The number of alkyl halides is 1. The van der Waals surface area contributed by atoms with Crippen LogP contribution < -0.4 is 0 Å². The van der Waals surface area contributed by atoms with Gasteiger partial charge >= 0.3 is 0 Å². The summed E-state index contributed by atoms with van der Waals surface area (Å²) in [6, 6.07) is 0.563. The van der Waals surface area contributed by atoms with E-state index in [1.165, 1.54) is 32.1 Å². The van der Waals surface area contributed by atoms with Gasteiger partial charge in [-0.2, -0.15) is 0 Å². The fraction of sp³-hybridized carbons (Fsp3) is 0.800. The van der Waals surface area contributed by atoms with Gasteiger partial charge in [0.25, 0.3) is 0 Å². The van der Waals surface area contributed by atoms with Gasteiger partial charge in [-0.25, -0.2) is 4.68 Å². The van der Waals surface area contributed by atoms with E-state index in [4.69, 9.17) is 11.6 Å². The van der Waals surface area contributed by atoms with E-state index in [2.05, 4.69) is 21.9 Å². The summed E-state index contributed by atoms with van der Waals surface area (Å²) in [4.78, 5) is 0. The van der Waals surface area contributed by atoms with E-state index in [1.807, 2.05) is 0 Å². The average molecular weight is 214 g/mol. The standard InChI is InChI=1S/C10H16ClN3/c1-8-10(7-11)12-13-14(8)9-5-3-2-4-6-9/h9H,2-7H2,1H3. The van der Waals surface area contributed by atoms with E-state index in [0.29, 0.717) is 11.9 Å². The Balaban J connectivity index is 2.18. The lowest BCUT2D eigenvalue weighted by Gasteiger charge is -2.22. The number of hydrogen-bond donors (Lipinski definition) is 0. The molecule has 3 nitrogen and oxygen atoms in total. The summed E-state index contributed by atoms with van der Waals surface area (Å²) < 4.78 is 2.07. The highest BCUT2D eigenvalue weighted by atomic mass is 35.5. The second-order valence-corrected chi connectivity index (χ2v) is 4.26. The Hall–Kier alpha value is -0.570. The summed E-state index contributed by atoms with van der Waals surface area (Å²) in [5.41, 5.74) is 2.07. The zero-order chi connectivity index (χ0) is 9.97. The third-order valence-corrected chi connectivity index (χ3v) is 3.32. The van der Waals surface area contributed by atoms with E-state index in [0.717, 1.165) is 11.4 Å². The molecule has 0 spiro atoms. The lowest BCUT2D eigenvalue weighted by Crippen LogP contribution is -2.15. The highest BCUT2D eigenvalue weighted by molar-refractivity contribution is 6.16. The largest absolute Gasteiger partial charge is 0.246 e. The van der Waals surface area contributed by atoms with Crippen molar-refractivity contribution in [3.8, 4) is 0 Å². The molecule has 1 saturated carbocycles. The van der Waals surface area contributed by atoms with Gasteiger partial charge in [0.1, 0.15) is 5.69 Å². The van der Waals surface area contributed by atoms with Crippen LogP contribution in [0.25, 0.3) is 0 Å². The van der Waals surface area contributed by atoms with Gasteiger partial charge in [-0.3, -0.25) is 0 Å². The molecule has 14 heavy (non-hydrogen) atoms. The van der Waals surface area contributed by atoms with Gasteiger partial charge in [0.2, 0.25) is 0 Å². The van der Waals surface area contributed by atoms with Gasteiger partial charge in [0, 0.05) is 0 Å². The summed E-state index contributed by atoms with van der Waals surface area (Å²) in [5, 5.41) is 8.28. The van der Waals surface area contributed by atoms with Crippen LogP contribution in [0, 0.1) is 6.92 Å².